The van der Waals surface area contributed by atoms with Crippen molar-refractivity contribution in [3.63, 3.8) is 0 Å². The van der Waals surface area contributed by atoms with Crippen LogP contribution in [0.15, 0.2) is 0 Å². The molecule has 0 N–H and O–H groups in total. The van der Waals surface area contributed by atoms with Crippen molar-refractivity contribution in [3.05, 3.63) is 0 Å². The van der Waals surface area contributed by atoms with Crippen LogP contribution in [-0.4, -0.2) is 11.6 Å². The summed E-state index contributed by atoms with van der Waals surface area (Å²) < 4.78 is 0. The van der Waals surface area contributed by atoms with Crippen molar-refractivity contribution in [1.29, 1.82) is 0 Å². The van der Waals surface area contributed by atoms with E-state index in [0.29, 0.717) is 28.8 Å². The van der Waals surface area contributed by atoms with Gasteiger partial charge in [0.2, 0.25) is 0 Å². The molecular weight excluding hydrogens is 284 g/mol. The molecule has 128 valence electrons. The molecule has 0 radical (unpaired) electrons. The van der Waals surface area contributed by atoms with Gasteiger partial charge in [0.15, 0.2) is 0 Å². The molecule has 0 bridgehead atoms. The lowest BCUT2D eigenvalue weighted by Crippen LogP contribution is -2.53. The van der Waals surface area contributed by atoms with Gasteiger partial charge >= 0.3 is 0 Å². The summed E-state index contributed by atoms with van der Waals surface area (Å²) in [6.45, 7) is 6.74. The summed E-state index contributed by atoms with van der Waals surface area (Å²) in [4.78, 5) is 24.1. The van der Waals surface area contributed by atoms with Crippen molar-refractivity contribution in [2.45, 2.75) is 78.6 Å². The van der Waals surface area contributed by atoms with Crippen LogP contribution in [0.25, 0.3) is 0 Å². The molecule has 4 rings (SSSR count). The van der Waals surface area contributed by atoms with Gasteiger partial charge in [-0.2, -0.15) is 0 Å². The Balaban J connectivity index is 1.63. The van der Waals surface area contributed by atoms with Crippen LogP contribution >= 0.6 is 0 Å². The summed E-state index contributed by atoms with van der Waals surface area (Å²) in [6, 6.07) is 0. The number of rotatable bonds is 1. The first-order chi connectivity index (χ1) is 10.9. The maximum atomic E-state index is 12.2. The molecule has 4 aliphatic carbocycles. The van der Waals surface area contributed by atoms with Crippen LogP contribution in [0.2, 0.25) is 0 Å². The second-order valence-electron chi connectivity index (χ2n) is 9.68. The quantitative estimate of drug-likeness (QED) is 0.696. The SMILES string of the molecule is CC(=O)[C@H]1CCC2C3CC[C@H]4CC(=O)CC[C@]4(C)C3CC[C@@]21C. The fraction of sp³-hybridized carbons (Fsp3) is 0.905. The van der Waals surface area contributed by atoms with Crippen LogP contribution < -0.4 is 0 Å². The van der Waals surface area contributed by atoms with E-state index in [0.717, 1.165) is 43.4 Å². The van der Waals surface area contributed by atoms with Gasteiger partial charge in [0.1, 0.15) is 11.6 Å². The molecule has 0 aromatic heterocycles. The second kappa shape index (κ2) is 5.17. The van der Waals surface area contributed by atoms with Crippen LogP contribution in [-0.2, 0) is 9.59 Å². The highest BCUT2D eigenvalue weighted by Gasteiger charge is 2.60. The molecule has 4 fully saturated rings. The van der Waals surface area contributed by atoms with Gasteiger partial charge in [0.25, 0.3) is 0 Å². The minimum atomic E-state index is 0.265. The molecule has 23 heavy (non-hydrogen) atoms. The largest absolute Gasteiger partial charge is 0.300 e. The highest BCUT2D eigenvalue weighted by Crippen LogP contribution is 2.67. The first kappa shape index (κ1) is 15.8. The number of carbonyl (C=O) groups is 2. The monoisotopic (exact) mass is 316 g/mol. The molecule has 0 aromatic rings. The van der Waals surface area contributed by atoms with Gasteiger partial charge in [-0.15, -0.1) is 0 Å². The summed E-state index contributed by atoms with van der Waals surface area (Å²) in [5, 5.41) is 0. The first-order valence-electron chi connectivity index (χ1n) is 9.88. The number of fused-ring (bicyclic) bond motifs is 5. The number of carbonyl (C=O) groups excluding carboxylic acids is 2. The van der Waals surface area contributed by atoms with Gasteiger partial charge in [-0.05, 0) is 86.4 Å². The highest BCUT2D eigenvalue weighted by molar-refractivity contribution is 5.80. The van der Waals surface area contributed by atoms with Crippen molar-refractivity contribution in [2.75, 3.05) is 0 Å². The zero-order chi connectivity index (χ0) is 16.4. The van der Waals surface area contributed by atoms with E-state index in [1.807, 2.05) is 6.92 Å². The summed E-state index contributed by atoms with van der Waals surface area (Å²) >= 11 is 0. The van der Waals surface area contributed by atoms with Crippen molar-refractivity contribution >= 4 is 11.6 Å². The van der Waals surface area contributed by atoms with E-state index in [2.05, 4.69) is 13.8 Å². The minimum Gasteiger partial charge on any atom is -0.300 e. The summed E-state index contributed by atoms with van der Waals surface area (Å²) in [6.07, 6.45) is 10.3. The summed E-state index contributed by atoms with van der Waals surface area (Å²) in [5.74, 6) is 4.25. The van der Waals surface area contributed by atoms with Gasteiger partial charge in [-0.3, -0.25) is 9.59 Å². The third kappa shape index (κ3) is 2.12. The molecule has 7 atom stereocenters. The van der Waals surface area contributed by atoms with E-state index in [1.165, 1.54) is 32.1 Å². The average molecular weight is 316 g/mol. The lowest BCUT2D eigenvalue weighted by atomic mass is 9.44. The molecule has 3 unspecified atom stereocenters. The third-order valence-electron chi connectivity index (χ3n) is 8.97. The van der Waals surface area contributed by atoms with E-state index in [-0.39, 0.29) is 5.41 Å². The predicted molar refractivity (Wildman–Crippen MR) is 90.9 cm³/mol. The minimum absolute atomic E-state index is 0.265. The van der Waals surface area contributed by atoms with Gasteiger partial charge in [0, 0.05) is 18.8 Å². The second-order valence-corrected chi connectivity index (χ2v) is 9.68. The number of Topliss-reactive ketones (excluding diaryl/α,β-unsaturated/α-hetero) is 2. The van der Waals surface area contributed by atoms with E-state index in [9.17, 15) is 9.59 Å². The molecule has 4 aliphatic rings. The van der Waals surface area contributed by atoms with Gasteiger partial charge in [0.05, 0.1) is 0 Å². The van der Waals surface area contributed by atoms with Crippen molar-refractivity contribution < 1.29 is 9.59 Å². The van der Waals surface area contributed by atoms with Crippen molar-refractivity contribution in [3.8, 4) is 0 Å². The smallest absolute Gasteiger partial charge is 0.133 e. The zero-order valence-corrected chi connectivity index (χ0v) is 15.1. The van der Waals surface area contributed by atoms with Crippen LogP contribution in [0.1, 0.15) is 78.6 Å². The Morgan fingerprint density at radius 3 is 2.43 bits per heavy atom. The van der Waals surface area contributed by atoms with Gasteiger partial charge in [-0.25, -0.2) is 0 Å². The topological polar surface area (TPSA) is 34.1 Å². The fourth-order valence-electron chi connectivity index (χ4n) is 7.71. The maximum Gasteiger partial charge on any atom is 0.133 e. The van der Waals surface area contributed by atoms with E-state index < -0.39 is 0 Å². The third-order valence-corrected chi connectivity index (χ3v) is 8.97. The Hall–Kier alpha value is -0.660. The molecule has 0 aromatic carbocycles. The molecule has 0 amide bonds. The van der Waals surface area contributed by atoms with E-state index in [4.69, 9.17) is 0 Å². The number of ketones is 2. The molecule has 0 spiro atoms. The fourth-order valence-corrected chi connectivity index (χ4v) is 7.71. The Morgan fingerprint density at radius 2 is 1.70 bits per heavy atom. The molecule has 4 saturated carbocycles. The summed E-state index contributed by atoms with van der Waals surface area (Å²) in [5.41, 5.74) is 0.660. The molecule has 0 saturated heterocycles. The average Bonchev–Trinajstić information content (AvgIpc) is 2.85. The van der Waals surface area contributed by atoms with Gasteiger partial charge < -0.3 is 0 Å². The lowest BCUT2D eigenvalue weighted by Gasteiger charge is -2.60. The highest BCUT2D eigenvalue weighted by atomic mass is 16.1. The Morgan fingerprint density at radius 1 is 0.957 bits per heavy atom. The van der Waals surface area contributed by atoms with E-state index in [1.54, 1.807) is 0 Å². The normalized spacial score (nSPS) is 52.5. The van der Waals surface area contributed by atoms with E-state index >= 15 is 0 Å². The number of hydrogen-bond donors (Lipinski definition) is 0. The van der Waals surface area contributed by atoms with Crippen LogP contribution in [0, 0.1) is 40.4 Å². The van der Waals surface area contributed by atoms with Crippen LogP contribution in [0.4, 0.5) is 0 Å². The summed E-state index contributed by atoms with van der Waals surface area (Å²) in [7, 11) is 0. The Labute approximate surface area is 140 Å². The molecular formula is C21H32O2. The molecule has 0 heterocycles. The van der Waals surface area contributed by atoms with Crippen molar-refractivity contribution in [1.82, 2.24) is 0 Å². The van der Waals surface area contributed by atoms with Gasteiger partial charge in [-0.1, -0.05) is 13.8 Å². The molecule has 2 nitrogen and oxygen atoms in total. The Bertz CT molecular complexity index is 538. The maximum absolute atomic E-state index is 12.2. The standard InChI is InChI=1S/C21H32O2/c1-13(22)17-6-7-18-16-5-4-14-12-15(23)8-10-20(14,2)19(16)9-11-21(17,18)3/h14,16-19H,4-12H2,1-3H3/t14-,16?,17+,18?,19?,20-,21+/m0/s1. The van der Waals surface area contributed by atoms with Crippen LogP contribution in [0.3, 0.4) is 0 Å². The zero-order valence-electron chi connectivity index (χ0n) is 15.1. The number of hydrogen-bond acceptors (Lipinski definition) is 2. The predicted octanol–water partition coefficient (Wildman–Crippen LogP) is 4.80. The lowest BCUT2D eigenvalue weighted by molar-refractivity contribution is -0.143. The van der Waals surface area contributed by atoms with Crippen LogP contribution in [0.5, 0.6) is 0 Å². The molecule has 2 heteroatoms. The first-order valence-corrected chi connectivity index (χ1v) is 9.88. The Kier molecular flexibility index (Phi) is 3.56. The molecule has 0 aliphatic heterocycles. The van der Waals surface area contributed by atoms with Crippen molar-refractivity contribution in [2.24, 2.45) is 40.4 Å².